The van der Waals surface area contributed by atoms with Crippen LogP contribution in [0.2, 0.25) is 0 Å². The van der Waals surface area contributed by atoms with Crippen molar-refractivity contribution >= 4 is 11.8 Å². The van der Waals surface area contributed by atoms with Crippen molar-refractivity contribution in [1.29, 1.82) is 0 Å². The zero-order chi connectivity index (χ0) is 18.8. The molecule has 0 saturated carbocycles. The van der Waals surface area contributed by atoms with Crippen LogP contribution in [0.1, 0.15) is 103 Å². The van der Waals surface area contributed by atoms with Gasteiger partial charge in [0.1, 0.15) is 0 Å². The maximum absolute atomic E-state index is 11.8. The maximum Gasteiger partial charge on any atom is 0.243 e. The highest BCUT2D eigenvalue weighted by atomic mass is 16.2. The zero-order valence-electron chi connectivity index (χ0n) is 16.4. The summed E-state index contributed by atoms with van der Waals surface area (Å²) in [5.74, 6) is -0.555. The molecule has 0 aliphatic rings. The fourth-order valence-corrected chi connectivity index (χ4v) is 2.88. The Labute approximate surface area is 154 Å². The molecule has 0 radical (unpaired) electrons. The molecular weight excluding hydrogens is 314 g/mol. The average molecular weight is 356 g/mol. The average Bonchev–Trinajstić information content (AvgIpc) is 2.59. The zero-order valence-corrected chi connectivity index (χ0v) is 16.4. The van der Waals surface area contributed by atoms with E-state index in [1.54, 1.807) is 0 Å². The highest BCUT2D eigenvalue weighted by Gasteiger charge is 2.15. The summed E-state index contributed by atoms with van der Waals surface area (Å²) in [6.45, 7) is 2.85. The van der Waals surface area contributed by atoms with E-state index in [0.717, 1.165) is 25.7 Å². The van der Waals surface area contributed by atoms with Gasteiger partial charge in [0.15, 0.2) is 0 Å². The van der Waals surface area contributed by atoms with Crippen molar-refractivity contribution in [3.05, 3.63) is 0 Å². The van der Waals surface area contributed by atoms with E-state index in [9.17, 15) is 9.59 Å². The van der Waals surface area contributed by atoms with E-state index in [-0.39, 0.29) is 11.8 Å². The molecule has 0 aliphatic carbocycles. The smallest absolute Gasteiger partial charge is 0.243 e. The summed E-state index contributed by atoms with van der Waals surface area (Å²) in [5, 5.41) is 2.41. The van der Waals surface area contributed by atoms with Crippen LogP contribution in [0.15, 0.2) is 0 Å². The lowest BCUT2D eigenvalue weighted by Crippen LogP contribution is -2.43. The first-order valence-corrected chi connectivity index (χ1v) is 10.4. The molecular formula is C20H41N3O2. The summed E-state index contributed by atoms with van der Waals surface area (Å²) in [5.41, 5.74) is 11.2. The Hall–Kier alpha value is -0.940. The molecule has 2 amide bonds. The standard InChI is InChI=1S/C20H41N3O2/c1-2-3-4-5-6-7-8-9-10-11-12-16-19(24)23-20(25)18(22)15-13-14-17-21/h18H,2-17,21-22H2,1H3,(H,23,24,25)/t18-/m0/s1. The van der Waals surface area contributed by atoms with Gasteiger partial charge in [0, 0.05) is 6.42 Å². The molecule has 0 aliphatic heterocycles. The van der Waals surface area contributed by atoms with Gasteiger partial charge < -0.3 is 11.5 Å². The van der Waals surface area contributed by atoms with Gasteiger partial charge in [0.2, 0.25) is 11.8 Å². The maximum atomic E-state index is 11.8. The number of carbonyl (C=O) groups excluding carboxylic acids is 2. The van der Waals surface area contributed by atoms with Gasteiger partial charge in [-0.2, -0.15) is 0 Å². The number of amides is 2. The van der Waals surface area contributed by atoms with E-state index >= 15 is 0 Å². The Kier molecular flexibility index (Phi) is 17.2. The lowest BCUT2D eigenvalue weighted by atomic mass is 10.1. The summed E-state index contributed by atoms with van der Waals surface area (Å²) in [6.07, 6.45) is 16.4. The van der Waals surface area contributed by atoms with E-state index in [1.807, 2.05) is 0 Å². The van der Waals surface area contributed by atoms with Crippen molar-refractivity contribution in [2.75, 3.05) is 6.54 Å². The molecule has 0 aromatic carbocycles. The van der Waals surface area contributed by atoms with Crippen LogP contribution in [0.3, 0.4) is 0 Å². The molecule has 0 unspecified atom stereocenters. The Morgan fingerprint density at radius 1 is 0.800 bits per heavy atom. The topological polar surface area (TPSA) is 98.2 Å². The second-order valence-corrected chi connectivity index (χ2v) is 7.09. The molecule has 0 bridgehead atoms. The largest absolute Gasteiger partial charge is 0.330 e. The second-order valence-electron chi connectivity index (χ2n) is 7.09. The van der Waals surface area contributed by atoms with Gasteiger partial charge in [-0.1, -0.05) is 77.6 Å². The van der Waals surface area contributed by atoms with Crippen LogP contribution in [-0.4, -0.2) is 24.4 Å². The van der Waals surface area contributed by atoms with Gasteiger partial charge in [-0.3, -0.25) is 14.9 Å². The Morgan fingerprint density at radius 2 is 1.32 bits per heavy atom. The molecule has 0 spiro atoms. The SMILES string of the molecule is CCCCCCCCCCCCCC(=O)NC(=O)[C@@H](N)CCCCN. The summed E-state index contributed by atoms with van der Waals surface area (Å²) in [4.78, 5) is 23.5. The Morgan fingerprint density at radius 3 is 1.84 bits per heavy atom. The van der Waals surface area contributed by atoms with Crippen LogP contribution in [0.5, 0.6) is 0 Å². The first kappa shape index (κ1) is 24.1. The van der Waals surface area contributed by atoms with Crippen LogP contribution in [-0.2, 0) is 9.59 Å². The Balaban J connectivity index is 3.44. The quantitative estimate of drug-likeness (QED) is 0.346. The van der Waals surface area contributed by atoms with Crippen molar-refractivity contribution in [1.82, 2.24) is 5.32 Å². The monoisotopic (exact) mass is 355 g/mol. The highest BCUT2D eigenvalue weighted by molar-refractivity contribution is 5.97. The minimum atomic E-state index is -0.604. The van der Waals surface area contributed by atoms with Crippen molar-refractivity contribution in [2.45, 2.75) is 109 Å². The second kappa shape index (κ2) is 17.9. The first-order chi connectivity index (χ1) is 12.1. The highest BCUT2D eigenvalue weighted by Crippen LogP contribution is 2.11. The number of hydrogen-bond donors (Lipinski definition) is 3. The van der Waals surface area contributed by atoms with Gasteiger partial charge in [-0.25, -0.2) is 0 Å². The minimum Gasteiger partial charge on any atom is -0.330 e. The van der Waals surface area contributed by atoms with E-state index in [4.69, 9.17) is 11.5 Å². The number of unbranched alkanes of at least 4 members (excludes halogenated alkanes) is 11. The van der Waals surface area contributed by atoms with E-state index in [2.05, 4.69) is 12.2 Å². The Bertz CT molecular complexity index is 335. The van der Waals surface area contributed by atoms with Crippen molar-refractivity contribution in [3.8, 4) is 0 Å². The summed E-state index contributed by atoms with van der Waals surface area (Å²) in [7, 11) is 0. The number of rotatable bonds is 17. The van der Waals surface area contributed by atoms with E-state index in [0.29, 0.717) is 19.4 Å². The van der Waals surface area contributed by atoms with Crippen LogP contribution in [0.25, 0.3) is 0 Å². The molecule has 0 saturated heterocycles. The fourth-order valence-electron chi connectivity index (χ4n) is 2.88. The molecule has 148 valence electrons. The number of imide groups is 1. The lowest BCUT2D eigenvalue weighted by Gasteiger charge is -2.11. The molecule has 5 heteroatoms. The molecule has 5 N–H and O–H groups in total. The molecule has 0 aromatic rings. The van der Waals surface area contributed by atoms with Crippen LogP contribution in [0.4, 0.5) is 0 Å². The van der Waals surface area contributed by atoms with Crippen LogP contribution >= 0.6 is 0 Å². The van der Waals surface area contributed by atoms with Gasteiger partial charge in [0.05, 0.1) is 6.04 Å². The lowest BCUT2D eigenvalue weighted by molar-refractivity contribution is -0.131. The fraction of sp³-hybridized carbons (Fsp3) is 0.900. The number of nitrogens with two attached hydrogens (primary N) is 2. The van der Waals surface area contributed by atoms with Crippen molar-refractivity contribution < 1.29 is 9.59 Å². The number of carbonyl (C=O) groups is 2. The third-order valence-corrected chi connectivity index (χ3v) is 4.58. The first-order valence-electron chi connectivity index (χ1n) is 10.4. The molecule has 0 fully saturated rings. The molecule has 0 heterocycles. The molecule has 0 aromatic heterocycles. The van der Waals surface area contributed by atoms with Crippen LogP contribution in [0, 0.1) is 0 Å². The normalized spacial score (nSPS) is 12.1. The van der Waals surface area contributed by atoms with Crippen molar-refractivity contribution in [3.63, 3.8) is 0 Å². The molecule has 1 atom stereocenters. The molecule has 0 rings (SSSR count). The summed E-state index contributed by atoms with van der Waals surface area (Å²) in [6, 6.07) is -0.604. The predicted molar refractivity (Wildman–Crippen MR) is 105 cm³/mol. The number of hydrogen-bond acceptors (Lipinski definition) is 4. The summed E-state index contributed by atoms with van der Waals surface area (Å²) >= 11 is 0. The molecule has 25 heavy (non-hydrogen) atoms. The van der Waals surface area contributed by atoms with Crippen molar-refractivity contribution in [2.24, 2.45) is 11.5 Å². The molecule has 5 nitrogen and oxygen atoms in total. The third-order valence-electron chi connectivity index (χ3n) is 4.58. The van der Waals surface area contributed by atoms with Gasteiger partial charge in [-0.15, -0.1) is 0 Å². The van der Waals surface area contributed by atoms with Gasteiger partial charge >= 0.3 is 0 Å². The van der Waals surface area contributed by atoms with Gasteiger partial charge in [0.25, 0.3) is 0 Å². The third kappa shape index (κ3) is 16.3. The van der Waals surface area contributed by atoms with Gasteiger partial charge in [-0.05, 0) is 25.8 Å². The summed E-state index contributed by atoms with van der Waals surface area (Å²) < 4.78 is 0. The van der Waals surface area contributed by atoms with Crippen LogP contribution < -0.4 is 16.8 Å². The van der Waals surface area contributed by atoms with E-state index in [1.165, 1.54) is 57.8 Å². The predicted octanol–water partition coefficient (Wildman–Crippen LogP) is 3.79. The van der Waals surface area contributed by atoms with E-state index < -0.39 is 6.04 Å². The number of nitrogens with one attached hydrogen (secondary N) is 1. The minimum absolute atomic E-state index is 0.199.